The van der Waals surface area contributed by atoms with Crippen molar-refractivity contribution in [2.75, 3.05) is 12.4 Å². The number of allylic oxidation sites excluding steroid dienone is 1. The van der Waals surface area contributed by atoms with Gasteiger partial charge in [0.05, 0.1) is 7.11 Å². The van der Waals surface area contributed by atoms with Gasteiger partial charge in [-0.15, -0.1) is 0 Å². The van der Waals surface area contributed by atoms with Crippen LogP contribution in [0.2, 0.25) is 0 Å². The molecule has 0 saturated carbocycles. The zero-order valence-electron chi connectivity index (χ0n) is 10.4. The average molecular weight is 291 g/mol. The van der Waals surface area contributed by atoms with Gasteiger partial charge in [0.1, 0.15) is 0 Å². The number of carbonyl (C=O) groups excluding carboxylic acids is 1. The molecule has 0 spiro atoms. The first-order valence-corrected chi connectivity index (χ1v) is 7.21. The smallest absolute Gasteiger partial charge is 0.334 e. The van der Waals surface area contributed by atoms with Gasteiger partial charge in [0.25, 0.3) is 0 Å². The Kier molecular flexibility index (Phi) is 11.0. The molecule has 0 N–H and O–H groups in total. The van der Waals surface area contributed by atoms with E-state index in [1.54, 1.807) is 0 Å². The van der Waals surface area contributed by atoms with Gasteiger partial charge in [-0.3, -0.25) is 0 Å². The normalized spacial score (nSPS) is 11.6. The van der Waals surface area contributed by atoms with Crippen LogP contribution >= 0.6 is 15.9 Å². The number of halogens is 1. The summed E-state index contributed by atoms with van der Waals surface area (Å²) < 4.78 is 4.68. The van der Waals surface area contributed by atoms with Gasteiger partial charge in [0.15, 0.2) is 0 Å². The molecule has 0 fully saturated rings. The number of alkyl halides is 1. The second-order valence-electron chi connectivity index (χ2n) is 3.91. The van der Waals surface area contributed by atoms with Gasteiger partial charge in [-0.2, -0.15) is 0 Å². The minimum absolute atomic E-state index is 0.220. The Morgan fingerprint density at radius 1 is 1.19 bits per heavy atom. The summed E-state index contributed by atoms with van der Waals surface area (Å²) in [5, 5.41) is 0.579. The molecule has 0 aromatic heterocycles. The van der Waals surface area contributed by atoms with Crippen LogP contribution in [0.5, 0.6) is 0 Å². The summed E-state index contributed by atoms with van der Waals surface area (Å²) in [6.45, 7) is 2.22. The number of hydrogen-bond acceptors (Lipinski definition) is 2. The van der Waals surface area contributed by atoms with E-state index in [0.29, 0.717) is 5.33 Å². The number of hydrogen-bond donors (Lipinski definition) is 0. The molecular weight excluding hydrogens is 268 g/mol. The van der Waals surface area contributed by atoms with E-state index < -0.39 is 0 Å². The zero-order chi connectivity index (χ0) is 12.2. The standard InChI is InChI=1S/C13H23BrO2/c1-3-4-5-6-7-8-9-10-12(11-14)13(15)16-2/h10H,3-9,11H2,1-2H3/b12-10+. The SMILES string of the molecule is CCCCCCCC/C=C(\CBr)C(=O)OC. The van der Waals surface area contributed by atoms with Crippen molar-refractivity contribution in [3.05, 3.63) is 11.6 Å². The van der Waals surface area contributed by atoms with E-state index in [4.69, 9.17) is 0 Å². The molecule has 0 rings (SSSR count). The van der Waals surface area contributed by atoms with Crippen LogP contribution in [0.3, 0.4) is 0 Å². The molecule has 0 amide bonds. The first-order chi connectivity index (χ1) is 7.76. The van der Waals surface area contributed by atoms with Gasteiger partial charge in [0, 0.05) is 10.9 Å². The molecule has 0 aromatic rings. The van der Waals surface area contributed by atoms with Crippen molar-refractivity contribution >= 4 is 21.9 Å². The fourth-order valence-corrected chi connectivity index (χ4v) is 1.98. The van der Waals surface area contributed by atoms with E-state index in [-0.39, 0.29) is 5.97 Å². The van der Waals surface area contributed by atoms with E-state index >= 15 is 0 Å². The Morgan fingerprint density at radius 3 is 2.38 bits per heavy atom. The fourth-order valence-electron chi connectivity index (χ4n) is 1.52. The van der Waals surface area contributed by atoms with E-state index in [0.717, 1.165) is 18.4 Å². The quantitative estimate of drug-likeness (QED) is 0.275. The topological polar surface area (TPSA) is 26.3 Å². The second kappa shape index (κ2) is 11.2. The number of esters is 1. The summed E-state index contributed by atoms with van der Waals surface area (Å²) in [6, 6.07) is 0. The number of ether oxygens (including phenoxy) is 1. The predicted molar refractivity (Wildman–Crippen MR) is 71.9 cm³/mol. The molecule has 0 radical (unpaired) electrons. The molecular formula is C13H23BrO2. The van der Waals surface area contributed by atoms with Crippen molar-refractivity contribution in [1.82, 2.24) is 0 Å². The first-order valence-electron chi connectivity index (χ1n) is 6.09. The van der Waals surface area contributed by atoms with Crippen molar-refractivity contribution in [1.29, 1.82) is 0 Å². The lowest BCUT2D eigenvalue weighted by atomic mass is 10.1. The summed E-state index contributed by atoms with van der Waals surface area (Å²) >= 11 is 3.29. The highest BCUT2D eigenvalue weighted by atomic mass is 79.9. The minimum atomic E-state index is -0.220. The predicted octanol–water partition coefficient (Wildman–Crippen LogP) is 4.23. The highest BCUT2D eigenvalue weighted by Crippen LogP contribution is 2.10. The Bertz CT molecular complexity index is 212. The maximum atomic E-state index is 11.2. The summed E-state index contributed by atoms with van der Waals surface area (Å²) in [4.78, 5) is 11.2. The van der Waals surface area contributed by atoms with E-state index in [9.17, 15) is 4.79 Å². The van der Waals surface area contributed by atoms with E-state index in [1.165, 1.54) is 39.2 Å². The van der Waals surface area contributed by atoms with Crippen LogP contribution in [0.15, 0.2) is 11.6 Å². The van der Waals surface area contributed by atoms with Crippen LogP contribution in [-0.2, 0) is 9.53 Å². The fraction of sp³-hybridized carbons (Fsp3) is 0.769. The van der Waals surface area contributed by atoms with Gasteiger partial charge < -0.3 is 4.74 Å². The molecule has 0 aliphatic rings. The third-order valence-corrected chi connectivity index (χ3v) is 3.14. The minimum Gasteiger partial charge on any atom is -0.466 e. The Hall–Kier alpha value is -0.310. The molecule has 0 aliphatic heterocycles. The Labute approximate surface area is 108 Å². The lowest BCUT2D eigenvalue weighted by Gasteiger charge is -2.01. The molecule has 0 bridgehead atoms. The van der Waals surface area contributed by atoms with Gasteiger partial charge >= 0.3 is 5.97 Å². The van der Waals surface area contributed by atoms with Gasteiger partial charge in [-0.1, -0.05) is 61.0 Å². The highest BCUT2D eigenvalue weighted by molar-refractivity contribution is 9.09. The van der Waals surface area contributed by atoms with Crippen LogP contribution in [0.25, 0.3) is 0 Å². The van der Waals surface area contributed by atoms with Crippen LogP contribution in [0.4, 0.5) is 0 Å². The van der Waals surface area contributed by atoms with Crippen LogP contribution in [0.1, 0.15) is 51.9 Å². The molecule has 2 nitrogen and oxygen atoms in total. The summed E-state index contributed by atoms with van der Waals surface area (Å²) in [5.74, 6) is -0.220. The van der Waals surface area contributed by atoms with Gasteiger partial charge in [-0.05, 0) is 12.8 Å². The summed E-state index contributed by atoms with van der Waals surface area (Å²) in [5.41, 5.74) is 0.732. The molecule has 3 heteroatoms. The van der Waals surface area contributed by atoms with E-state index in [2.05, 4.69) is 27.6 Å². The van der Waals surface area contributed by atoms with E-state index in [1.807, 2.05) is 6.08 Å². The summed E-state index contributed by atoms with van der Waals surface area (Å²) in [7, 11) is 1.42. The Balaban J connectivity index is 3.60. The lowest BCUT2D eigenvalue weighted by molar-refractivity contribution is -0.135. The first kappa shape index (κ1) is 15.7. The summed E-state index contributed by atoms with van der Waals surface area (Å²) in [6.07, 6.45) is 10.7. The largest absolute Gasteiger partial charge is 0.466 e. The number of methoxy groups -OCH3 is 1. The van der Waals surface area contributed by atoms with Gasteiger partial charge in [-0.25, -0.2) is 4.79 Å². The second-order valence-corrected chi connectivity index (χ2v) is 4.47. The molecule has 16 heavy (non-hydrogen) atoms. The van der Waals surface area contributed by atoms with Gasteiger partial charge in [0.2, 0.25) is 0 Å². The van der Waals surface area contributed by atoms with Crippen molar-refractivity contribution in [2.24, 2.45) is 0 Å². The van der Waals surface area contributed by atoms with Crippen molar-refractivity contribution in [3.63, 3.8) is 0 Å². The van der Waals surface area contributed by atoms with Crippen molar-refractivity contribution < 1.29 is 9.53 Å². The molecule has 0 heterocycles. The number of carbonyl (C=O) groups is 1. The van der Waals surface area contributed by atoms with Crippen LogP contribution in [-0.4, -0.2) is 18.4 Å². The molecule has 0 aliphatic carbocycles. The monoisotopic (exact) mass is 290 g/mol. The zero-order valence-corrected chi connectivity index (χ0v) is 12.0. The Morgan fingerprint density at radius 2 is 1.81 bits per heavy atom. The third kappa shape index (κ3) is 7.91. The maximum Gasteiger partial charge on any atom is 0.334 e. The lowest BCUT2D eigenvalue weighted by Crippen LogP contribution is -2.05. The highest BCUT2D eigenvalue weighted by Gasteiger charge is 2.06. The number of rotatable bonds is 9. The molecule has 0 unspecified atom stereocenters. The molecule has 0 saturated heterocycles. The number of unbranched alkanes of at least 4 members (excludes halogenated alkanes) is 6. The van der Waals surface area contributed by atoms with Crippen LogP contribution in [0, 0.1) is 0 Å². The molecule has 94 valence electrons. The van der Waals surface area contributed by atoms with Crippen molar-refractivity contribution in [2.45, 2.75) is 51.9 Å². The van der Waals surface area contributed by atoms with Crippen molar-refractivity contribution in [3.8, 4) is 0 Å². The molecule has 0 aromatic carbocycles. The third-order valence-electron chi connectivity index (χ3n) is 2.54. The molecule has 0 atom stereocenters. The average Bonchev–Trinajstić information content (AvgIpc) is 2.32. The van der Waals surface area contributed by atoms with Crippen LogP contribution < -0.4 is 0 Å². The maximum absolute atomic E-state index is 11.2.